The zero-order chi connectivity index (χ0) is 18.4. The Morgan fingerprint density at radius 3 is 2.68 bits per heavy atom. The molecule has 0 aromatic heterocycles. The van der Waals surface area contributed by atoms with E-state index in [1.807, 2.05) is 0 Å². The van der Waals surface area contributed by atoms with Gasteiger partial charge in [0.05, 0.1) is 6.42 Å². The first-order valence-electron chi connectivity index (χ1n) is 8.13. The van der Waals surface area contributed by atoms with Crippen LogP contribution in [0.1, 0.15) is 36.2 Å². The number of amides is 3. The molecule has 25 heavy (non-hydrogen) atoms. The van der Waals surface area contributed by atoms with Crippen LogP contribution in [-0.4, -0.2) is 40.8 Å². The fourth-order valence-electron chi connectivity index (χ4n) is 2.39. The molecule has 3 N–H and O–H groups in total. The number of nitrogens with one attached hydrogen (secondary N) is 3. The number of carbonyl (C=O) groups excluding carboxylic acids is 3. The largest absolute Gasteiger partial charge is 0.361 e. The molecule has 0 fully saturated rings. The summed E-state index contributed by atoms with van der Waals surface area (Å²) in [5.74, 6) is -0.825. The van der Waals surface area contributed by atoms with Crippen molar-refractivity contribution in [3.8, 4) is 0 Å². The minimum absolute atomic E-state index is 0.109. The van der Waals surface area contributed by atoms with E-state index in [4.69, 9.17) is 12.2 Å². The smallest absolute Gasteiger partial charge is 0.261 e. The van der Waals surface area contributed by atoms with Gasteiger partial charge in [0.25, 0.3) is 11.8 Å². The molecule has 0 saturated heterocycles. The average Bonchev–Trinajstić information content (AvgIpc) is 2.56. The Bertz CT molecular complexity index is 690. The van der Waals surface area contributed by atoms with E-state index < -0.39 is 17.7 Å². The van der Waals surface area contributed by atoms with Crippen LogP contribution in [0, 0.1) is 5.92 Å². The summed E-state index contributed by atoms with van der Waals surface area (Å²) in [5, 5.41) is 3.25. The first kappa shape index (κ1) is 18.9. The minimum atomic E-state index is -0.519. The zero-order valence-corrected chi connectivity index (χ0v) is 15.1. The van der Waals surface area contributed by atoms with Crippen LogP contribution in [0.5, 0.6) is 0 Å². The SMILES string of the molecule is CC(C)CCNC(=S)NNC(=O)CN1C(=O)Cc2ccccc2C1=O. The van der Waals surface area contributed by atoms with Crippen LogP contribution in [0.3, 0.4) is 0 Å². The topological polar surface area (TPSA) is 90.5 Å². The van der Waals surface area contributed by atoms with Crippen LogP contribution in [0.2, 0.25) is 0 Å². The molecule has 0 aliphatic carbocycles. The van der Waals surface area contributed by atoms with Gasteiger partial charge in [-0.05, 0) is 36.2 Å². The fraction of sp³-hybridized carbons (Fsp3) is 0.412. The Labute approximate surface area is 152 Å². The molecule has 1 aliphatic rings. The highest BCUT2D eigenvalue weighted by Gasteiger charge is 2.31. The summed E-state index contributed by atoms with van der Waals surface area (Å²) < 4.78 is 0. The number of imide groups is 1. The zero-order valence-electron chi connectivity index (χ0n) is 14.3. The van der Waals surface area contributed by atoms with E-state index in [-0.39, 0.29) is 18.1 Å². The van der Waals surface area contributed by atoms with E-state index in [0.717, 1.165) is 11.3 Å². The summed E-state index contributed by atoms with van der Waals surface area (Å²) in [6, 6.07) is 6.90. The standard InChI is InChI=1S/C17H22N4O3S/c1-11(2)7-8-18-17(25)20-19-14(22)10-21-15(23)9-12-5-3-4-6-13(12)16(21)24/h3-6,11H,7-10H2,1-2H3,(H,19,22)(H2,18,20,25). The molecular weight excluding hydrogens is 340 g/mol. The maximum absolute atomic E-state index is 12.4. The predicted molar refractivity (Wildman–Crippen MR) is 97.5 cm³/mol. The first-order valence-corrected chi connectivity index (χ1v) is 8.54. The Kier molecular flexibility index (Phi) is 6.46. The molecule has 0 spiro atoms. The fourth-order valence-corrected chi connectivity index (χ4v) is 2.54. The van der Waals surface area contributed by atoms with Gasteiger partial charge in [-0.1, -0.05) is 32.0 Å². The van der Waals surface area contributed by atoms with Gasteiger partial charge in [-0.15, -0.1) is 0 Å². The number of rotatable bonds is 5. The van der Waals surface area contributed by atoms with E-state index in [1.165, 1.54) is 0 Å². The van der Waals surface area contributed by atoms with Gasteiger partial charge in [0, 0.05) is 12.1 Å². The Hall–Kier alpha value is -2.48. The van der Waals surface area contributed by atoms with Crippen LogP contribution < -0.4 is 16.2 Å². The van der Waals surface area contributed by atoms with Gasteiger partial charge in [-0.2, -0.15) is 0 Å². The van der Waals surface area contributed by atoms with Crippen molar-refractivity contribution in [3.05, 3.63) is 35.4 Å². The molecule has 0 atom stereocenters. The number of fused-ring (bicyclic) bond motifs is 1. The second-order valence-electron chi connectivity index (χ2n) is 6.23. The quantitative estimate of drug-likeness (QED) is 0.407. The lowest BCUT2D eigenvalue weighted by Crippen LogP contribution is -2.52. The summed E-state index contributed by atoms with van der Waals surface area (Å²) in [6.07, 6.45) is 1.06. The molecule has 0 saturated carbocycles. The second-order valence-corrected chi connectivity index (χ2v) is 6.64. The van der Waals surface area contributed by atoms with Crippen LogP contribution in [-0.2, 0) is 16.0 Å². The molecule has 8 heteroatoms. The summed E-state index contributed by atoms with van der Waals surface area (Å²) in [6.45, 7) is 4.54. The van der Waals surface area contributed by atoms with E-state index in [1.54, 1.807) is 24.3 Å². The Morgan fingerprint density at radius 2 is 1.96 bits per heavy atom. The molecule has 1 aliphatic heterocycles. The number of nitrogens with zero attached hydrogens (tertiary/aromatic N) is 1. The van der Waals surface area contributed by atoms with Gasteiger partial charge in [0.2, 0.25) is 5.91 Å². The van der Waals surface area contributed by atoms with Crippen LogP contribution >= 0.6 is 12.2 Å². The van der Waals surface area contributed by atoms with Crippen molar-refractivity contribution in [2.24, 2.45) is 5.92 Å². The van der Waals surface area contributed by atoms with Crippen LogP contribution in [0.15, 0.2) is 24.3 Å². The molecule has 0 bridgehead atoms. The molecule has 1 heterocycles. The molecule has 2 rings (SSSR count). The second kappa shape index (κ2) is 8.57. The van der Waals surface area contributed by atoms with Crippen molar-refractivity contribution in [1.82, 2.24) is 21.1 Å². The lowest BCUT2D eigenvalue weighted by molar-refractivity contribution is -0.133. The third kappa shape index (κ3) is 5.25. The predicted octanol–water partition coefficient (Wildman–Crippen LogP) is 0.753. The highest BCUT2D eigenvalue weighted by Crippen LogP contribution is 2.19. The van der Waals surface area contributed by atoms with Crippen molar-refractivity contribution >= 4 is 35.1 Å². The molecule has 0 radical (unpaired) electrons. The maximum atomic E-state index is 12.4. The third-order valence-corrected chi connectivity index (χ3v) is 4.01. The highest BCUT2D eigenvalue weighted by molar-refractivity contribution is 7.80. The maximum Gasteiger partial charge on any atom is 0.261 e. The van der Waals surface area contributed by atoms with Gasteiger partial charge < -0.3 is 5.32 Å². The summed E-state index contributed by atoms with van der Waals surface area (Å²) in [5.41, 5.74) is 6.10. The average molecular weight is 362 g/mol. The van der Waals surface area contributed by atoms with Gasteiger partial charge in [-0.25, -0.2) is 0 Å². The van der Waals surface area contributed by atoms with Crippen molar-refractivity contribution in [3.63, 3.8) is 0 Å². The molecule has 3 amide bonds. The van der Waals surface area contributed by atoms with Gasteiger partial charge >= 0.3 is 0 Å². The molecule has 7 nitrogen and oxygen atoms in total. The van der Waals surface area contributed by atoms with E-state index >= 15 is 0 Å². The Balaban J connectivity index is 1.83. The number of carbonyl (C=O) groups is 3. The number of benzene rings is 1. The third-order valence-electron chi connectivity index (χ3n) is 3.76. The summed E-state index contributed by atoms with van der Waals surface area (Å²) in [4.78, 5) is 37.4. The summed E-state index contributed by atoms with van der Waals surface area (Å²) >= 11 is 5.04. The molecule has 0 unspecified atom stereocenters. The lowest BCUT2D eigenvalue weighted by Gasteiger charge is -2.26. The van der Waals surface area contributed by atoms with Crippen molar-refractivity contribution in [1.29, 1.82) is 0 Å². The normalized spacial score (nSPS) is 13.5. The van der Waals surface area contributed by atoms with Crippen molar-refractivity contribution in [2.45, 2.75) is 26.7 Å². The number of hydrogen-bond acceptors (Lipinski definition) is 4. The van der Waals surface area contributed by atoms with Crippen molar-refractivity contribution < 1.29 is 14.4 Å². The Morgan fingerprint density at radius 1 is 1.24 bits per heavy atom. The first-order chi connectivity index (χ1) is 11.9. The number of hydrazine groups is 1. The monoisotopic (exact) mass is 362 g/mol. The van der Waals surface area contributed by atoms with Gasteiger partial charge in [0.15, 0.2) is 5.11 Å². The van der Waals surface area contributed by atoms with Crippen molar-refractivity contribution in [2.75, 3.05) is 13.1 Å². The number of hydrogen-bond donors (Lipinski definition) is 3. The van der Waals surface area contributed by atoms with E-state index in [2.05, 4.69) is 30.0 Å². The summed E-state index contributed by atoms with van der Waals surface area (Å²) in [7, 11) is 0. The van der Waals surface area contributed by atoms with Crippen LogP contribution in [0.25, 0.3) is 0 Å². The van der Waals surface area contributed by atoms with E-state index in [9.17, 15) is 14.4 Å². The van der Waals surface area contributed by atoms with Gasteiger partial charge in [0.1, 0.15) is 6.54 Å². The molecule has 134 valence electrons. The van der Waals surface area contributed by atoms with Gasteiger partial charge in [-0.3, -0.25) is 30.1 Å². The number of thiocarbonyl (C=S) groups is 1. The molecular formula is C17H22N4O3S. The minimum Gasteiger partial charge on any atom is -0.361 e. The van der Waals surface area contributed by atoms with Crippen LogP contribution in [0.4, 0.5) is 0 Å². The molecule has 1 aromatic rings. The lowest BCUT2D eigenvalue weighted by atomic mass is 9.98. The highest BCUT2D eigenvalue weighted by atomic mass is 32.1. The van der Waals surface area contributed by atoms with E-state index in [0.29, 0.717) is 23.6 Å². The molecule has 1 aromatic carbocycles.